The number of aromatic nitrogens is 1. The van der Waals surface area contributed by atoms with E-state index in [0.29, 0.717) is 18.0 Å². The zero-order valence-corrected chi connectivity index (χ0v) is 17.5. The van der Waals surface area contributed by atoms with Gasteiger partial charge in [-0.15, -0.1) is 0 Å². The lowest BCUT2D eigenvalue weighted by Crippen LogP contribution is -2.28. The number of anilines is 1. The molecule has 0 unspecified atom stereocenters. The third-order valence-electron chi connectivity index (χ3n) is 4.09. The van der Waals surface area contributed by atoms with E-state index >= 15 is 0 Å². The molecule has 0 radical (unpaired) electrons. The molecule has 0 bridgehead atoms. The summed E-state index contributed by atoms with van der Waals surface area (Å²) in [4.78, 5) is 16.3. The molecule has 0 aliphatic heterocycles. The summed E-state index contributed by atoms with van der Waals surface area (Å²) < 4.78 is 31.4. The van der Waals surface area contributed by atoms with Gasteiger partial charge in [0.2, 0.25) is 9.84 Å². The second-order valence-electron chi connectivity index (χ2n) is 6.84. The first kappa shape index (κ1) is 21.3. The summed E-state index contributed by atoms with van der Waals surface area (Å²) in [6.45, 7) is 4.08. The van der Waals surface area contributed by atoms with Crippen molar-refractivity contribution in [2.24, 2.45) is 0 Å². The number of rotatable bonds is 7. The number of carbonyl (C=O) groups excluding carboxylic acids is 1. The first-order chi connectivity index (χ1) is 14.3. The fourth-order valence-corrected chi connectivity index (χ4v) is 4.00. The fourth-order valence-electron chi connectivity index (χ4n) is 2.70. The molecule has 2 amide bonds. The van der Waals surface area contributed by atoms with Gasteiger partial charge < -0.3 is 15.4 Å². The molecule has 0 aliphatic rings. The maximum Gasteiger partial charge on any atom is 0.319 e. The van der Waals surface area contributed by atoms with Crippen LogP contribution in [-0.2, 0) is 16.4 Å². The summed E-state index contributed by atoms with van der Waals surface area (Å²) in [6, 6.07) is 15.7. The van der Waals surface area contributed by atoms with Crippen LogP contribution in [0, 0.1) is 0 Å². The largest absolute Gasteiger partial charge is 0.491 e. The molecule has 8 heteroatoms. The standard InChI is InChI=1S/C22H23N3O4S/c1-16(2)29-19-6-3-7-21(13-19)30(27,28)20-10-8-18(9-11-20)25-22(26)24-15-17-5-4-12-23-14-17/h3-14,16H,15H2,1-2H3,(H2,24,25,26). The molecule has 156 valence electrons. The van der Waals surface area contributed by atoms with Crippen LogP contribution in [0.2, 0.25) is 0 Å². The van der Waals surface area contributed by atoms with Crippen molar-refractivity contribution in [3.05, 3.63) is 78.6 Å². The Bertz CT molecular complexity index is 1100. The Balaban J connectivity index is 1.66. The van der Waals surface area contributed by atoms with Crippen LogP contribution in [0.3, 0.4) is 0 Å². The summed E-state index contributed by atoms with van der Waals surface area (Å²) in [5.74, 6) is 0.495. The van der Waals surface area contributed by atoms with Crippen LogP contribution in [0.15, 0.2) is 82.8 Å². The Kier molecular flexibility index (Phi) is 6.68. The van der Waals surface area contributed by atoms with E-state index < -0.39 is 15.9 Å². The molecule has 0 saturated heterocycles. The van der Waals surface area contributed by atoms with E-state index in [-0.39, 0.29) is 15.9 Å². The fraction of sp³-hybridized carbons (Fsp3) is 0.182. The Hall–Kier alpha value is -3.39. The van der Waals surface area contributed by atoms with E-state index in [4.69, 9.17) is 4.74 Å². The lowest BCUT2D eigenvalue weighted by molar-refractivity contribution is 0.242. The van der Waals surface area contributed by atoms with Crippen LogP contribution in [0.1, 0.15) is 19.4 Å². The van der Waals surface area contributed by atoms with E-state index in [1.165, 1.54) is 24.3 Å². The predicted molar refractivity (Wildman–Crippen MR) is 114 cm³/mol. The van der Waals surface area contributed by atoms with Gasteiger partial charge in [-0.3, -0.25) is 4.98 Å². The molecule has 2 N–H and O–H groups in total. The van der Waals surface area contributed by atoms with Crippen LogP contribution in [0.4, 0.5) is 10.5 Å². The molecule has 3 rings (SSSR count). The molecule has 0 atom stereocenters. The van der Waals surface area contributed by atoms with Gasteiger partial charge in [-0.05, 0) is 67.9 Å². The van der Waals surface area contributed by atoms with E-state index in [1.807, 2.05) is 19.9 Å². The van der Waals surface area contributed by atoms with Gasteiger partial charge in [-0.25, -0.2) is 13.2 Å². The Labute approximate surface area is 176 Å². The lowest BCUT2D eigenvalue weighted by atomic mass is 10.3. The van der Waals surface area contributed by atoms with Crippen molar-refractivity contribution in [3.63, 3.8) is 0 Å². The summed E-state index contributed by atoms with van der Waals surface area (Å²) in [5, 5.41) is 5.39. The monoisotopic (exact) mass is 425 g/mol. The number of urea groups is 1. The average Bonchev–Trinajstić information content (AvgIpc) is 2.73. The molecule has 2 aromatic carbocycles. The summed E-state index contributed by atoms with van der Waals surface area (Å²) >= 11 is 0. The second-order valence-corrected chi connectivity index (χ2v) is 8.79. The molecule has 1 aromatic heterocycles. The van der Waals surface area contributed by atoms with Crippen molar-refractivity contribution in [1.29, 1.82) is 0 Å². The van der Waals surface area contributed by atoms with Gasteiger partial charge in [0.1, 0.15) is 5.75 Å². The highest BCUT2D eigenvalue weighted by Gasteiger charge is 2.18. The number of hydrogen-bond acceptors (Lipinski definition) is 5. The quantitative estimate of drug-likeness (QED) is 0.596. The number of sulfone groups is 1. The minimum Gasteiger partial charge on any atom is -0.491 e. The molecule has 3 aromatic rings. The third kappa shape index (κ3) is 5.57. The molecule has 0 fully saturated rings. The van der Waals surface area contributed by atoms with Gasteiger partial charge in [0.25, 0.3) is 0 Å². The molecule has 0 saturated carbocycles. The molecule has 0 spiro atoms. The topological polar surface area (TPSA) is 97.4 Å². The van der Waals surface area contributed by atoms with E-state index in [2.05, 4.69) is 15.6 Å². The summed E-state index contributed by atoms with van der Waals surface area (Å²) in [7, 11) is -3.70. The smallest absolute Gasteiger partial charge is 0.319 e. The first-order valence-electron chi connectivity index (χ1n) is 9.40. The van der Waals surface area contributed by atoms with Gasteiger partial charge in [-0.2, -0.15) is 0 Å². The number of amides is 2. The number of ether oxygens (including phenoxy) is 1. The normalized spacial score (nSPS) is 11.2. The summed E-state index contributed by atoms with van der Waals surface area (Å²) in [6.07, 6.45) is 3.27. The van der Waals surface area contributed by atoms with Gasteiger partial charge in [0, 0.05) is 24.6 Å². The first-order valence-corrected chi connectivity index (χ1v) is 10.9. The van der Waals surface area contributed by atoms with Gasteiger partial charge in [-0.1, -0.05) is 12.1 Å². The van der Waals surface area contributed by atoms with E-state index in [1.54, 1.807) is 42.7 Å². The molecular formula is C22H23N3O4S. The molecule has 7 nitrogen and oxygen atoms in total. The van der Waals surface area contributed by atoms with Crippen molar-refractivity contribution in [2.45, 2.75) is 36.3 Å². The van der Waals surface area contributed by atoms with Crippen LogP contribution in [-0.4, -0.2) is 25.5 Å². The predicted octanol–water partition coefficient (Wildman–Crippen LogP) is 4.02. The van der Waals surface area contributed by atoms with E-state index in [0.717, 1.165) is 5.56 Å². The van der Waals surface area contributed by atoms with Gasteiger partial charge in [0.15, 0.2) is 0 Å². The van der Waals surface area contributed by atoms with E-state index in [9.17, 15) is 13.2 Å². The molecular weight excluding hydrogens is 402 g/mol. The van der Waals surface area contributed by atoms with Gasteiger partial charge >= 0.3 is 6.03 Å². The van der Waals surface area contributed by atoms with Crippen molar-refractivity contribution < 1.29 is 17.9 Å². The number of hydrogen-bond donors (Lipinski definition) is 2. The van der Waals surface area contributed by atoms with Crippen molar-refractivity contribution in [1.82, 2.24) is 10.3 Å². The highest BCUT2D eigenvalue weighted by Crippen LogP contribution is 2.25. The third-order valence-corrected chi connectivity index (χ3v) is 5.85. The van der Waals surface area contributed by atoms with Crippen LogP contribution < -0.4 is 15.4 Å². The minimum atomic E-state index is -3.70. The Morgan fingerprint density at radius 3 is 2.47 bits per heavy atom. The number of benzene rings is 2. The van der Waals surface area contributed by atoms with Crippen molar-refractivity contribution in [2.75, 3.05) is 5.32 Å². The van der Waals surface area contributed by atoms with Crippen molar-refractivity contribution in [3.8, 4) is 5.75 Å². The number of nitrogens with one attached hydrogen (secondary N) is 2. The second kappa shape index (κ2) is 9.41. The average molecular weight is 426 g/mol. The molecule has 0 aliphatic carbocycles. The van der Waals surface area contributed by atoms with Gasteiger partial charge in [0.05, 0.1) is 15.9 Å². The Morgan fingerprint density at radius 1 is 1.03 bits per heavy atom. The van der Waals surface area contributed by atoms with Crippen molar-refractivity contribution >= 4 is 21.6 Å². The number of nitrogens with zero attached hydrogens (tertiary/aromatic N) is 1. The molecule has 1 heterocycles. The summed E-state index contributed by atoms with van der Waals surface area (Å²) in [5.41, 5.74) is 1.35. The van der Waals surface area contributed by atoms with Crippen LogP contribution in [0.5, 0.6) is 5.75 Å². The van der Waals surface area contributed by atoms with Crippen LogP contribution in [0.25, 0.3) is 0 Å². The maximum absolute atomic E-state index is 12.9. The zero-order chi connectivity index (χ0) is 21.6. The molecule has 30 heavy (non-hydrogen) atoms. The highest BCUT2D eigenvalue weighted by molar-refractivity contribution is 7.91. The van der Waals surface area contributed by atoms with Crippen LogP contribution >= 0.6 is 0 Å². The lowest BCUT2D eigenvalue weighted by Gasteiger charge is -2.12. The maximum atomic E-state index is 12.9. The highest BCUT2D eigenvalue weighted by atomic mass is 32.2. The Morgan fingerprint density at radius 2 is 1.80 bits per heavy atom. The number of pyridine rings is 1. The zero-order valence-electron chi connectivity index (χ0n) is 16.7. The minimum absolute atomic E-state index is 0.0578. The number of carbonyl (C=O) groups is 1. The SMILES string of the molecule is CC(C)Oc1cccc(S(=O)(=O)c2ccc(NC(=O)NCc3cccnc3)cc2)c1.